The molecule has 3 heterocycles. The van der Waals surface area contributed by atoms with Crippen molar-refractivity contribution in [1.82, 2.24) is 19.3 Å². The number of para-hydroxylation sites is 2. The molecule has 0 radical (unpaired) electrons. The largest absolute Gasteiger partial charge is 0.460 e. The van der Waals surface area contributed by atoms with Crippen LogP contribution in [0.15, 0.2) is 65.9 Å². The van der Waals surface area contributed by atoms with Gasteiger partial charge in [0, 0.05) is 48.1 Å². The molecule has 1 aromatic heterocycles. The number of hydrogen-bond acceptors (Lipinski definition) is 5. The molecular formula is C23H24N4O2S. The lowest BCUT2D eigenvalue weighted by Gasteiger charge is -2.24. The van der Waals surface area contributed by atoms with E-state index < -0.39 is 0 Å². The molecule has 0 spiro atoms. The van der Waals surface area contributed by atoms with Gasteiger partial charge in [0.15, 0.2) is 0 Å². The molecule has 5 rings (SSSR count). The maximum atomic E-state index is 13.2. The van der Waals surface area contributed by atoms with E-state index in [-0.39, 0.29) is 5.91 Å². The van der Waals surface area contributed by atoms with Crippen molar-refractivity contribution in [2.45, 2.75) is 19.4 Å². The summed E-state index contributed by atoms with van der Waals surface area (Å²) in [6.07, 6.45) is 1.65. The minimum absolute atomic E-state index is 0.119. The summed E-state index contributed by atoms with van der Waals surface area (Å²) in [5, 5.41) is 4.60. The number of ether oxygens (including phenoxy) is 1. The Kier molecular flexibility index (Phi) is 5.48. The van der Waals surface area contributed by atoms with Gasteiger partial charge in [0.05, 0.1) is 17.8 Å². The average Bonchev–Trinajstić information content (AvgIpc) is 3.11. The number of aromatic nitrogens is 1. The summed E-state index contributed by atoms with van der Waals surface area (Å²) in [4.78, 5) is 13.2. The quantitative estimate of drug-likeness (QED) is 0.485. The standard InChI is InChI=1S/C23H24N4O2S/c28-23-18-15-27-19-8-3-1-6-16(19)14-20(27)17-7-2-4-9-21(17)29-22(18)10-13-24-11-5-12-25-30-26-23/h1-4,6-9,14,24-25H,5,10-13,15H2,(H,26,28)/b22-18+. The van der Waals surface area contributed by atoms with Crippen molar-refractivity contribution < 1.29 is 9.53 Å². The van der Waals surface area contributed by atoms with Crippen LogP contribution in [0.2, 0.25) is 0 Å². The van der Waals surface area contributed by atoms with Crippen LogP contribution in [-0.2, 0) is 11.3 Å². The Labute approximate surface area is 179 Å². The number of nitrogens with one attached hydrogen (secondary N) is 3. The van der Waals surface area contributed by atoms with Crippen molar-refractivity contribution >= 4 is 28.9 Å². The number of amides is 1. The molecule has 0 unspecified atom stereocenters. The zero-order valence-electron chi connectivity index (χ0n) is 16.6. The molecular weight excluding hydrogens is 396 g/mol. The van der Waals surface area contributed by atoms with Crippen LogP contribution in [0.1, 0.15) is 12.8 Å². The van der Waals surface area contributed by atoms with Crippen LogP contribution in [0.3, 0.4) is 0 Å². The number of fused-ring (bicyclic) bond motifs is 5. The Hall–Kier alpha value is -2.74. The summed E-state index contributed by atoms with van der Waals surface area (Å²) < 4.78 is 14.8. The molecule has 0 fully saturated rings. The van der Waals surface area contributed by atoms with E-state index in [1.54, 1.807) is 0 Å². The van der Waals surface area contributed by atoms with Crippen molar-refractivity contribution in [2.75, 3.05) is 19.6 Å². The molecule has 3 N–H and O–H groups in total. The summed E-state index contributed by atoms with van der Waals surface area (Å²) in [6, 6.07) is 18.5. The van der Waals surface area contributed by atoms with E-state index in [0.29, 0.717) is 18.5 Å². The summed E-state index contributed by atoms with van der Waals surface area (Å²) in [6.45, 7) is 2.98. The third-order valence-electron chi connectivity index (χ3n) is 5.51. The van der Waals surface area contributed by atoms with Gasteiger partial charge in [0.1, 0.15) is 11.5 Å². The average molecular weight is 421 g/mol. The Morgan fingerprint density at radius 2 is 1.87 bits per heavy atom. The second-order valence-corrected chi connectivity index (χ2v) is 8.15. The number of rotatable bonds is 0. The maximum absolute atomic E-state index is 13.2. The highest BCUT2D eigenvalue weighted by Crippen LogP contribution is 2.38. The minimum Gasteiger partial charge on any atom is -0.460 e. The van der Waals surface area contributed by atoms with Crippen LogP contribution >= 0.6 is 12.1 Å². The molecule has 0 bridgehead atoms. The molecule has 2 aromatic carbocycles. The van der Waals surface area contributed by atoms with Gasteiger partial charge in [-0.05, 0) is 37.2 Å². The van der Waals surface area contributed by atoms with E-state index in [4.69, 9.17) is 4.74 Å². The monoisotopic (exact) mass is 420 g/mol. The van der Waals surface area contributed by atoms with Gasteiger partial charge in [0.2, 0.25) is 0 Å². The fourth-order valence-electron chi connectivity index (χ4n) is 4.02. The first-order valence-corrected chi connectivity index (χ1v) is 11.1. The Morgan fingerprint density at radius 1 is 1.00 bits per heavy atom. The number of nitrogens with zero attached hydrogens (tertiary/aromatic N) is 1. The summed E-state index contributed by atoms with van der Waals surface area (Å²) >= 11 is 1.24. The van der Waals surface area contributed by atoms with E-state index in [0.717, 1.165) is 59.7 Å². The van der Waals surface area contributed by atoms with Crippen molar-refractivity contribution in [1.29, 1.82) is 0 Å². The first-order chi connectivity index (χ1) is 14.8. The van der Waals surface area contributed by atoms with Gasteiger partial charge in [0.25, 0.3) is 5.91 Å². The maximum Gasteiger partial charge on any atom is 0.263 e. The first-order valence-electron chi connectivity index (χ1n) is 10.3. The van der Waals surface area contributed by atoms with Crippen molar-refractivity contribution in [2.24, 2.45) is 0 Å². The fraction of sp³-hybridized carbons (Fsp3) is 0.261. The zero-order chi connectivity index (χ0) is 20.3. The number of benzene rings is 2. The van der Waals surface area contributed by atoms with Gasteiger partial charge >= 0.3 is 0 Å². The lowest BCUT2D eigenvalue weighted by Crippen LogP contribution is -2.30. The number of carbonyl (C=O) groups is 1. The summed E-state index contributed by atoms with van der Waals surface area (Å²) in [5.74, 6) is 1.38. The number of hydrogen-bond donors (Lipinski definition) is 3. The van der Waals surface area contributed by atoms with Crippen molar-refractivity contribution in [3.05, 3.63) is 65.9 Å². The highest BCUT2D eigenvalue weighted by Gasteiger charge is 2.25. The highest BCUT2D eigenvalue weighted by atomic mass is 32.2. The fourth-order valence-corrected chi connectivity index (χ4v) is 4.55. The van der Waals surface area contributed by atoms with E-state index in [9.17, 15) is 4.79 Å². The van der Waals surface area contributed by atoms with Crippen LogP contribution in [0, 0.1) is 0 Å². The van der Waals surface area contributed by atoms with Crippen LogP contribution < -0.4 is 19.5 Å². The molecule has 0 atom stereocenters. The van der Waals surface area contributed by atoms with Crippen LogP contribution in [0.5, 0.6) is 5.75 Å². The van der Waals surface area contributed by atoms with Crippen LogP contribution in [0.25, 0.3) is 22.2 Å². The zero-order valence-corrected chi connectivity index (χ0v) is 17.4. The minimum atomic E-state index is -0.119. The second kappa shape index (κ2) is 8.55. The van der Waals surface area contributed by atoms with Gasteiger partial charge in [-0.25, -0.2) is 4.72 Å². The van der Waals surface area contributed by atoms with E-state index in [1.165, 1.54) is 12.1 Å². The third kappa shape index (κ3) is 3.71. The van der Waals surface area contributed by atoms with E-state index in [1.807, 2.05) is 30.3 Å². The second-order valence-electron chi connectivity index (χ2n) is 7.46. The predicted molar refractivity (Wildman–Crippen MR) is 121 cm³/mol. The van der Waals surface area contributed by atoms with Crippen LogP contribution in [-0.4, -0.2) is 30.1 Å². The van der Waals surface area contributed by atoms with Gasteiger partial charge in [-0.15, -0.1) is 0 Å². The van der Waals surface area contributed by atoms with E-state index >= 15 is 0 Å². The van der Waals surface area contributed by atoms with Gasteiger partial charge in [-0.3, -0.25) is 9.52 Å². The Balaban J connectivity index is 1.67. The predicted octanol–water partition coefficient (Wildman–Crippen LogP) is 3.61. The third-order valence-corrected chi connectivity index (χ3v) is 6.15. The van der Waals surface area contributed by atoms with Gasteiger partial charge < -0.3 is 14.6 Å². The smallest absolute Gasteiger partial charge is 0.263 e. The number of carbonyl (C=O) groups excluding carboxylic acids is 1. The molecule has 30 heavy (non-hydrogen) atoms. The lowest BCUT2D eigenvalue weighted by molar-refractivity contribution is -0.116. The molecule has 1 amide bonds. The topological polar surface area (TPSA) is 67.3 Å². The molecule has 0 aliphatic carbocycles. The molecule has 3 aromatic rings. The molecule has 154 valence electrons. The molecule has 6 nitrogen and oxygen atoms in total. The van der Waals surface area contributed by atoms with Gasteiger partial charge in [-0.1, -0.05) is 30.3 Å². The summed E-state index contributed by atoms with van der Waals surface area (Å²) in [7, 11) is 0. The molecule has 2 aliphatic heterocycles. The normalized spacial score (nSPS) is 20.3. The van der Waals surface area contributed by atoms with Crippen molar-refractivity contribution in [3.8, 4) is 17.0 Å². The van der Waals surface area contributed by atoms with E-state index in [2.05, 4.69) is 43.6 Å². The molecule has 0 saturated heterocycles. The molecule has 2 aliphatic rings. The van der Waals surface area contributed by atoms with Gasteiger partial charge in [-0.2, -0.15) is 0 Å². The lowest BCUT2D eigenvalue weighted by atomic mass is 10.1. The van der Waals surface area contributed by atoms with Crippen LogP contribution in [0.4, 0.5) is 0 Å². The Morgan fingerprint density at radius 3 is 2.83 bits per heavy atom. The highest BCUT2D eigenvalue weighted by molar-refractivity contribution is 7.96. The first kappa shape index (κ1) is 19.2. The molecule has 0 saturated carbocycles. The Bertz CT molecular complexity index is 1120. The molecule has 7 heteroatoms. The van der Waals surface area contributed by atoms with Crippen molar-refractivity contribution in [3.63, 3.8) is 0 Å². The summed E-state index contributed by atoms with van der Waals surface area (Å²) in [5.41, 5.74) is 3.86. The SMILES string of the molecule is O=C1NSNCCCNCC/C2=C\1Cn1c(cc3ccccc31)-c1ccccc1O2.